The minimum atomic E-state index is -0.179. The standard InChI is InChI=1S/C20H28FN5S/c1-14-6-7-16(12-18(14)21)15(2)24-19(22-3)23-9-8-17-13-27-20(25-17)26-10-4-5-11-26/h6-7,12-13,15H,4-5,8-11H2,1-3H3,(H2,22,23,24). The smallest absolute Gasteiger partial charge is 0.191 e. The number of hydrogen-bond acceptors (Lipinski definition) is 4. The molecule has 1 aromatic carbocycles. The van der Waals surface area contributed by atoms with Gasteiger partial charge in [0.2, 0.25) is 0 Å². The van der Waals surface area contributed by atoms with Gasteiger partial charge in [-0.1, -0.05) is 12.1 Å². The summed E-state index contributed by atoms with van der Waals surface area (Å²) in [6.07, 6.45) is 3.38. The highest BCUT2D eigenvalue weighted by molar-refractivity contribution is 7.13. The molecule has 0 spiro atoms. The van der Waals surface area contributed by atoms with Crippen molar-refractivity contribution >= 4 is 22.4 Å². The molecule has 1 atom stereocenters. The summed E-state index contributed by atoms with van der Waals surface area (Å²) in [5.41, 5.74) is 2.67. The molecule has 0 amide bonds. The summed E-state index contributed by atoms with van der Waals surface area (Å²) in [5, 5.41) is 9.91. The van der Waals surface area contributed by atoms with E-state index in [1.165, 1.54) is 12.8 Å². The van der Waals surface area contributed by atoms with E-state index in [0.29, 0.717) is 11.5 Å². The largest absolute Gasteiger partial charge is 0.356 e. The minimum Gasteiger partial charge on any atom is -0.356 e. The van der Waals surface area contributed by atoms with Crippen molar-refractivity contribution in [3.05, 3.63) is 46.2 Å². The van der Waals surface area contributed by atoms with Gasteiger partial charge in [-0.15, -0.1) is 11.3 Å². The van der Waals surface area contributed by atoms with E-state index in [1.807, 2.05) is 13.0 Å². The first-order valence-electron chi connectivity index (χ1n) is 9.49. The monoisotopic (exact) mass is 389 g/mol. The maximum absolute atomic E-state index is 13.8. The fourth-order valence-corrected chi connectivity index (χ4v) is 4.05. The molecule has 27 heavy (non-hydrogen) atoms. The molecule has 1 aliphatic heterocycles. The first kappa shape index (κ1) is 19.6. The van der Waals surface area contributed by atoms with Gasteiger partial charge in [-0.05, 0) is 43.9 Å². The van der Waals surface area contributed by atoms with Crippen LogP contribution in [-0.4, -0.2) is 37.6 Å². The van der Waals surface area contributed by atoms with Gasteiger partial charge >= 0.3 is 0 Å². The van der Waals surface area contributed by atoms with Crippen molar-refractivity contribution in [3.8, 4) is 0 Å². The molecular weight excluding hydrogens is 361 g/mol. The van der Waals surface area contributed by atoms with E-state index in [4.69, 9.17) is 4.98 Å². The fourth-order valence-electron chi connectivity index (χ4n) is 3.14. The molecule has 7 heteroatoms. The van der Waals surface area contributed by atoms with Gasteiger partial charge in [0, 0.05) is 38.5 Å². The van der Waals surface area contributed by atoms with Gasteiger partial charge in [-0.3, -0.25) is 4.99 Å². The van der Waals surface area contributed by atoms with Crippen LogP contribution in [0.4, 0.5) is 9.52 Å². The second-order valence-corrected chi connectivity index (χ2v) is 7.78. The molecule has 5 nitrogen and oxygen atoms in total. The van der Waals surface area contributed by atoms with Gasteiger partial charge in [0.1, 0.15) is 5.82 Å². The number of guanidine groups is 1. The van der Waals surface area contributed by atoms with Crippen molar-refractivity contribution in [2.75, 3.05) is 31.6 Å². The molecule has 2 N–H and O–H groups in total. The van der Waals surface area contributed by atoms with Crippen molar-refractivity contribution in [1.82, 2.24) is 15.6 Å². The van der Waals surface area contributed by atoms with E-state index in [1.54, 1.807) is 37.4 Å². The Hall–Kier alpha value is -2.15. The number of nitrogens with one attached hydrogen (secondary N) is 2. The van der Waals surface area contributed by atoms with E-state index in [2.05, 4.69) is 25.9 Å². The highest BCUT2D eigenvalue weighted by Crippen LogP contribution is 2.24. The Balaban J connectivity index is 1.48. The summed E-state index contributed by atoms with van der Waals surface area (Å²) in [6.45, 7) is 6.77. The van der Waals surface area contributed by atoms with Crippen molar-refractivity contribution < 1.29 is 4.39 Å². The van der Waals surface area contributed by atoms with Crippen LogP contribution in [0.2, 0.25) is 0 Å². The van der Waals surface area contributed by atoms with Crippen LogP contribution in [0.15, 0.2) is 28.6 Å². The predicted molar refractivity (Wildman–Crippen MR) is 111 cm³/mol. The number of benzene rings is 1. The number of aliphatic imine (C=N–C) groups is 1. The second-order valence-electron chi connectivity index (χ2n) is 6.94. The molecule has 146 valence electrons. The summed E-state index contributed by atoms with van der Waals surface area (Å²) < 4.78 is 13.8. The van der Waals surface area contributed by atoms with Crippen LogP contribution >= 0.6 is 11.3 Å². The Kier molecular flexibility index (Phi) is 6.66. The van der Waals surface area contributed by atoms with E-state index in [-0.39, 0.29) is 11.9 Å². The highest BCUT2D eigenvalue weighted by Gasteiger charge is 2.15. The number of aromatic nitrogens is 1. The summed E-state index contributed by atoms with van der Waals surface area (Å²) in [7, 11) is 1.74. The first-order valence-corrected chi connectivity index (χ1v) is 10.4. The van der Waals surface area contributed by atoms with Gasteiger partial charge in [0.15, 0.2) is 11.1 Å². The molecule has 0 radical (unpaired) electrons. The Morgan fingerprint density at radius 3 is 2.85 bits per heavy atom. The number of rotatable bonds is 6. The highest BCUT2D eigenvalue weighted by atomic mass is 32.1. The summed E-state index contributed by atoms with van der Waals surface area (Å²) in [6, 6.07) is 5.29. The van der Waals surface area contributed by atoms with Gasteiger partial charge in [-0.25, -0.2) is 9.37 Å². The maximum Gasteiger partial charge on any atom is 0.191 e. The van der Waals surface area contributed by atoms with Crippen LogP contribution < -0.4 is 15.5 Å². The molecule has 2 heterocycles. The minimum absolute atomic E-state index is 0.0349. The van der Waals surface area contributed by atoms with Gasteiger partial charge < -0.3 is 15.5 Å². The molecule has 0 aliphatic carbocycles. The Morgan fingerprint density at radius 1 is 1.37 bits per heavy atom. The number of aryl methyl sites for hydroxylation is 1. The quantitative estimate of drug-likeness (QED) is 0.585. The molecule has 0 bridgehead atoms. The molecule has 1 aliphatic rings. The van der Waals surface area contributed by atoms with Gasteiger partial charge in [-0.2, -0.15) is 0 Å². The molecular formula is C20H28FN5S. The maximum atomic E-state index is 13.8. The Morgan fingerprint density at radius 2 is 2.15 bits per heavy atom. The van der Waals surface area contributed by atoms with Crippen LogP contribution in [-0.2, 0) is 6.42 Å². The van der Waals surface area contributed by atoms with E-state index in [0.717, 1.165) is 42.4 Å². The van der Waals surface area contributed by atoms with E-state index < -0.39 is 0 Å². The van der Waals surface area contributed by atoms with Crippen molar-refractivity contribution in [1.29, 1.82) is 0 Å². The summed E-state index contributed by atoms with van der Waals surface area (Å²) >= 11 is 1.73. The van der Waals surface area contributed by atoms with Crippen molar-refractivity contribution in [2.24, 2.45) is 4.99 Å². The molecule has 1 aromatic heterocycles. The number of thiazole rings is 1. The number of nitrogens with zero attached hydrogens (tertiary/aromatic N) is 3. The summed E-state index contributed by atoms with van der Waals surface area (Å²) in [4.78, 5) is 11.4. The second kappa shape index (κ2) is 9.17. The number of hydrogen-bond donors (Lipinski definition) is 2. The number of anilines is 1. The van der Waals surface area contributed by atoms with Gasteiger partial charge in [0.25, 0.3) is 0 Å². The lowest BCUT2D eigenvalue weighted by Gasteiger charge is -2.18. The zero-order chi connectivity index (χ0) is 19.2. The zero-order valence-electron chi connectivity index (χ0n) is 16.3. The SMILES string of the molecule is CN=C(NCCc1csc(N2CCCC2)n1)NC(C)c1ccc(C)c(F)c1. The molecule has 1 fully saturated rings. The van der Waals surface area contributed by atoms with Crippen LogP contribution in [0.25, 0.3) is 0 Å². The topological polar surface area (TPSA) is 52.6 Å². The van der Waals surface area contributed by atoms with Crippen LogP contribution in [0.3, 0.4) is 0 Å². The lowest BCUT2D eigenvalue weighted by Crippen LogP contribution is -2.39. The van der Waals surface area contributed by atoms with Crippen molar-refractivity contribution in [2.45, 2.75) is 39.2 Å². The third-order valence-corrected chi connectivity index (χ3v) is 5.81. The summed E-state index contributed by atoms with van der Waals surface area (Å²) in [5.74, 6) is 0.528. The first-order chi connectivity index (χ1) is 13.1. The third-order valence-electron chi connectivity index (χ3n) is 4.86. The molecule has 0 saturated carbocycles. The lowest BCUT2D eigenvalue weighted by atomic mass is 10.1. The average molecular weight is 390 g/mol. The lowest BCUT2D eigenvalue weighted by molar-refractivity contribution is 0.607. The predicted octanol–water partition coefficient (Wildman–Crippen LogP) is 3.66. The van der Waals surface area contributed by atoms with Crippen LogP contribution in [0.5, 0.6) is 0 Å². The Bertz CT molecular complexity index is 782. The normalized spacial score (nSPS) is 15.9. The molecule has 1 saturated heterocycles. The fraction of sp³-hybridized carbons (Fsp3) is 0.500. The van der Waals surface area contributed by atoms with Crippen molar-refractivity contribution in [3.63, 3.8) is 0 Å². The van der Waals surface area contributed by atoms with E-state index >= 15 is 0 Å². The third kappa shape index (κ3) is 5.19. The average Bonchev–Trinajstić information content (AvgIpc) is 3.34. The van der Waals surface area contributed by atoms with Crippen LogP contribution in [0.1, 0.15) is 42.6 Å². The van der Waals surface area contributed by atoms with E-state index in [9.17, 15) is 4.39 Å². The Labute approximate surface area is 164 Å². The molecule has 3 rings (SSSR count). The van der Waals surface area contributed by atoms with Crippen LogP contribution in [0, 0.1) is 12.7 Å². The molecule has 2 aromatic rings. The van der Waals surface area contributed by atoms with Gasteiger partial charge in [0.05, 0.1) is 11.7 Å². The number of halogens is 1. The molecule has 1 unspecified atom stereocenters. The zero-order valence-corrected chi connectivity index (χ0v) is 17.1.